The molecule has 2 unspecified atom stereocenters. The van der Waals surface area contributed by atoms with E-state index in [-0.39, 0.29) is 12.1 Å². The molecule has 4 rings (SSSR count). The van der Waals surface area contributed by atoms with Crippen molar-refractivity contribution < 1.29 is 4.79 Å². The predicted octanol–water partition coefficient (Wildman–Crippen LogP) is 3.85. The van der Waals surface area contributed by atoms with E-state index in [9.17, 15) is 4.79 Å². The van der Waals surface area contributed by atoms with E-state index in [1.54, 1.807) is 17.8 Å². The van der Waals surface area contributed by atoms with Crippen molar-refractivity contribution in [3.8, 4) is 0 Å². The molecule has 9 nitrogen and oxygen atoms in total. The minimum Gasteiger partial charge on any atom is -0.366 e. The maximum Gasteiger partial charge on any atom is 0.321 e. The van der Waals surface area contributed by atoms with Gasteiger partial charge in [-0.1, -0.05) is 29.8 Å². The van der Waals surface area contributed by atoms with E-state index >= 15 is 0 Å². The molecule has 0 bridgehead atoms. The summed E-state index contributed by atoms with van der Waals surface area (Å²) in [5.41, 5.74) is 1.58. The topological polar surface area (TPSA) is 98.9 Å². The summed E-state index contributed by atoms with van der Waals surface area (Å²) >= 11 is 6.34. The number of anilines is 2. The Hall–Kier alpha value is -3.33. The lowest BCUT2D eigenvalue weighted by molar-refractivity contribution is 0.218. The summed E-state index contributed by atoms with van der Waals surface area (Å²) in [4.78, 5) is 23.1. The minimum atomic E-state index is -0.0370. The van der Waals surface area contributed by atoms with E-state index in [0.717, 1.165) is 37.3 Å². The van der Waals surface area contributed by atoms with Crippen LogP contribution in [0.3, 0.4) is 0 Å². The van der Waals surface area contributed by atoms with Gasteiger partial charge < -0.3 is 20.9 Å². The van der Waals surface area contributed by atoms with Crippen molar-refractivity contribution in [2.75, 3.05) is 23.7 Å². The molecule has 33 heavy (non-hydrogen) atoms. The molecular formula is C23H29ClN8O. The third-order valence-electron chi connectivity index (χ3n) is 6.06. The summed E-state index contributed by atoms with van der Waals surface area (Å²) in [6.07, 6.45) is 5.41. The van der Waals surface area contributed by atoms with Crippen LogP contribution in [0.15, 0.2) is 63.6 Å². The Morgan fingerprint density at radius 2 is 1.85 bits per heavy atom. The highest BCUT2D eigenvalue weighted by atomic mass is 35.5. The fraction of sp³-hybridized carbons (Fsp3) is 0.391. The Morgan fingerprint density at radius 3 is 2.42 bits per heavy atom. The van der Waals surface area contributed by atoms with Crippen molar-refractivity contribution in [2.45, 2.75) is 25.8 Å². The maximum atomic E-state index is 12.6. The van der Waals surface area contributed by atoms with Crippen LogP contribution in [0.4, 0.5) is 16.2 Å². The number of likely N-dealkylation sites (tertiary alicyclic amines) is 1. The summed E-state index contributed by atoms with van der Waals surface area (Å²) in [6.45, 7) is 6.91. The zero-order valence-corrected chi connectivity index (χ0v) is 19.6. The zero-order chi connectivity index (χ0) is 23.4. The quantitative estimate of drug-likeness (QED) is 0.458. The molecule has 2 amide bonds. The van der Waals surface area contributed by atoms with Gasteiger partial charge in [-0.2, -0.15) is 10.1 Å². The lowest BCUT2D eigenvalue weighted by Crippen LogP contribution is -2.35. The number of carbonyl (C=O) groups is 1. The first-order valence-electron chi connectivity index (χ1n) is 11.0. The standard InChI is InChI=1S/C23H29ClN8O/c1-15(24)21(30-22(25-2)28-20-11-26-31(3)14-20)27-19-9-16-12-32(13-17(16)10-19)23(33)29-18-7-5-4-6-8-18/h4-8,11,14,16-17,19,27H,2,9-10,12-13H2,1,3H3,(H,28,30)(H,29,33)/b21-15+. The number of urea groups is 1. The van der Waals surface area contributed by atoms with Crippen molar-refractivity contribution in [1.82, 2.24) is 20.0 Å². The molecule has 0 radical (unpaired) electrons. The first-order chi connectivity index (χ1) is 15.9. The number of benzene rings is 1. The molecule has 1 aliphatic carbocycles. The molecule has 10 heteroatoms. The molecule has 174 valence electrons. The lowest BCUT2D eigenvalue weighted by atomic mass is 10.0. The van der Waals surface area contributed by atoms with Gasteiger partial charge in [0, 0.05) is 38.1 Å². The van der Waals surface area contributed by atoms with Crippen molar-refractivity contribution in [3.63, 3.8) is 0 Å². The number of guanidine groups is 1. The number of hydrogen-bond donors (Lipinski definition) is 3. The van der Waals surface area contributed by atoms with Crippen molar-refractivity contribution in [1.29, 1.82) is 0 Å². The van der Waals surface area contributed by atoms with Crippen molar-refractivity contribution in [3.05, 3.63) is 53.6 Å². The molecule has 1 saturated heterocycles. The normalized spacial score (nSPS) is 23.1. The number of nitrogens with one attached hydrogen (secondary N) is 3. The SMILES string of the molecule is C=NC(=N/C(NC1CC2CN(C(=O)Nc3ccccc3)CC2C1)=C(\C)Cl)Nc1cnn(C)c1. The second kappa shape index (κ2) is 10.1. The number of halogens is 1. The van der Waals surface area contributed by atoms with Crippen LogP contribution in [-0.2, 0) is 7.05 Å². The highest BCUT2D eigenvalue weighted by Crippen LogP contribution is 2.38. The van der Waals surface area contributed by atoms with Crippen LogP contribution in [0.2, 0.25) is 0 Å². The first-order valence-corrected chi connectivity index (χ1v) is 11.3. The van der Waals surface area contributed by atoms with Gasteiger partial charge in [-0.15, -0.1) is 0 Å². The van der Waals surface area contributed by atoms with Crippen LogP contribution in [0, 0.1) is 11.8 Å². The van der Waals surface area contributed by atoms with Crippen molar-refractivity contribution in [2.24, 2.45) is 28.9 Å². The third-order valence-corrected chi connectivity index (χ3v) is 6.24. The Labute approximate surface area is 198 Å². The summed E-state index contributed by atoms with van der Waals surface area (Å²) in [5.74, 6) is 1.82. The molecule has 1 saturated carbocycles. The van der Waals surface area contributed by atoms with Crippen molar-refractivity contribution >= 4 is 41.7 Å². The number of fused-ring (bicyclic) bond motifs is 1. The summed E-state index contributed by atoms with van der Waals surface area (Å²) in [5, 5.41) is 14.2. The number of rotatable bonds is 5. The van der Waals surface area contributed by atoms with Gasteiger partial charge in [0.2, 0.25) is 5.96 Å². The highest BCUT2D eigenvalue weighted by Gasteiger charge is 2.42. The molecule has 2 aromatic rings. The van der Waals surface area contributed by atoms with Gasteiger partial charge >= 0.3 is 6.03 Å². The maximum absolute atomic E-state index is 12.6. The summed E-state index contributed by atoms with van der Waals surface area (Å²) in [7, 11) is 1.84. The van der Waals surface area contributed by atoms with Gasteiger partial charge in [0.25, 0.3) is 0 Å². The average Bonchev–Trinajstić information content (AvgIpc) is 3.48. The van der Waals surface area contributed by atoms with E-state index in [2.05, 4.69) is 37.8 Å². The Morgan fingerprint density at radius 1 is 1.15 bits per heavy atom. The van der Waals surface area contributed by atoms with Crippen LogP contribution in [0.5, 0.6) is 0 Å². The van der Waals surface area contributed by atoms with Crippen LogP contribution in [-0.4, -0.2) is 52.5 Å². The number of amides is 2. The number of hydrogen-bond acceptors (Lipinski definition) is 4. The minimum absolute atomic E-state index is 0.0370. The summed E-state index contributed by atoms with van der Waals surface area (Å²) < 4.78 is 1.69. The van der Waals surface area contributed by atoms with E-state index in [1.807, 2.05) is 48.5 Å². The van der Waals surface area contributed by atoms with Gasteiger partial charge in [-0.05, 0) is 50.5 Å². The summed E-state index contributed by atoms with van der Waals surface area (Å²) in [6, 6.07) is 9.75. The number of aryl methyl sites for hydroxylation is 1. The number of nitrogens with zero attached hydrogens (tertiary/aromatic N) is 5. The number of para-hydroxylation sites is 1. The van der Waals surface area contributed by atoms with Crippen LogP contribution < -0.4 is 16.0 Å². The second-order valence-corrected chi connectivity index (χ2v) is 9.10. The van der Waals surface area contributed by atoms with E-state index in [1.165, 1.54) is 0 Å². The fourth-order valence-corrected chi connectivity index (χ4v) is 4.63. The van der Waals surface area contributed by atoms with Gasteiger partial charge in [0.05, 0.1) is 16.9 Å². The molecule has 2 aliphatic rings. The van der Waals surface area contributed by atoms with Gasteiger partial charge in [-0.3, -0.25) is 4.68 Å². The fourth-order valence-electron chi connectivity index (χ4n) is 4.53. The smallest absolute Gasteiger partial charge is 0.321 e. The van der Waals surface area contributed by atoms with Gasteiger partial charge in [0.1, 0.15) is 5.82 Å². The molecule has 2 heterocycles. The molecular weight excluding hydrogens is 440 g/mol. The van der Waals surface area contributed by atoms with E-state index < -0.39 is 0 Å². The molecule has 2 atom stereocenters. The average molecular weight is 469 g/mol. The van der Waals surface area contributed by atoms with Crippen LogP contribution in [0.1, 0.15) is 19.8 Å². The largest absolute Gasteiger partial charge is 0.366 e. The molecule has 1 aliphatic heterocycles. The van der Waals surface area contributed by atoms with Crippen LogP contribution in [0.25, 0.3) is 0 Å². The Kier molecular flexibility index (Phi) is 6.98. The first kappa shape index (κ1) is 22.8. The number of carbonyl (C=O) groups excluding carboxylic acids is 1. The third kappa shape index (κ3) is 5.73. The number of aromatic nitrogens is 2. The monoisotopic (exact) mass is 468 g/mol. The Balaban J connectivity index is 1.33. The molecule has 1 aromatic carbocycles. The highest BCUT2D eigenvalue weighted by molar-refractivity contribution is 6.29. The Bertz CT molecular complexity index is 1050. The molecule has 0 spiro atoms. The van der Waals surface area contributed by atoms with E-state index in [0.29, 0.717) is 28.6 Å². The number of aliphatic imine (C=N–C) groups is 2. The van der Waals surface area contributed by atoms with Crippen LogP contribution >= 0.6 is 11.6 Å². The number of allylic oxidation sites excluding steroid dienone is 1. The lowest BCUT2D eigenvalue weighted by Gasteiger charge is -2.21. The molecule has 3 N–H and O–H groups in total. The van der Waals surface area contributed by atoms with Gasteiger partial charge in [0.15, 0.2) is 0 Å². The predicted molar refractivity (Wildman–Crippen MR) is 133 cm³/mol. The zero-order valence-electron chi connectivity index (χ0n) is 18.8. The molecule has 1 aromatic heterocycles. The molecule has 2 fully saturated rings. The van der Waals surface area contributed by atoms with Gasteiger partial charge in [-0.25, -0.2) is 9.79 Å². The second-order valence-electron chi connectivity index (χ2n) is 8.54. The van der Waals surface area contributed by atoms with E-state index in [4.69, 9.17) is 11.6 Å².